The standard InChI is InChI=1S/C12H21NO/c1-5-11(8-9(2)3)7-6-10(4)12(13)14/h6-7,9H,5,8H2,1-4H3,(H2,13,14)/b10-6+,11-7+. The first-order valence-corrected chi connectivity index (χ1v) is 5.13. The van der Waals surface area contributed by atoms with Gasteiger partial charge in [-0.1, -0.05) is 38.5 Å². The highest BCUT2D eigenvalue weighted by Gasteiger charge is 1.99. The molecule has 0 unspecified atom stereocenters. The SMILES string of the molecule is CC/C(=C\C=C(/C)C(N)=O)CC(C)C. The zero-order chi connectivity index (χ0) is 11.1. The van der Waals surface area contributed by atoms with Crippen molar-refractivity contribution in [3.05, 3.63) is 23.3 Å². The number of allylic oxidation sites excluding steroid dienone is 3. The van der Waals surface area contributed by atoms with Crippen LogP contribution in [-0.4, -0.2) is 5.91 Å². The molecule has 2 nitrogen and oxygen atoms in total. The van der Waals surface area contributed by atoms with Gasteiger partial charge >= 0.3 is 0 Å². The molecule has 0 saturated heterocycles. The third-order valence-corrected chi connectivity index (χ3v) is 2.08. The van der Waals surface area contributed by atoms with Crippen LogP contribution in [0.4, 0.5) is 0 Å². The Balaban J connectivity index is 4.45. The molecule has 0 fully saturated rings. The smallest absolute Gasteiger partial charge is 0.244 e. The summed E-state index contributed by atoms with van der Waals surface area (Å²) in [6.07, 6.45) is 5.93. The Kier molecular flexibility index (Phi) is 5.93. The van der Waals surface area contributed by atoms with Crippen LogP contribution in [-0.2, 0) is 4.79 Å². The quantitative estimate of drug-likeness (QED) is 0.532. The van der Waals surface area contributed by atoms with Crippen LogP contribution in [0.1, 0.15) is 40.5 Å². The summed E-state index contributed by atoms with van der Waals surface area (Å²) in [5.41, 5.74) is 7.10. The number of carbonyl (C=O) groups is 1. The molecule has 0 aliphatic heterocycles. The summed E-state index contributed by atoms with van der Waals surface area (Å²) < 4.78 is 0. The lowest BCUT2D eigenvalue weighted by Gasteiger charge is -2.06. The van der Waals surface area contributed by atoms with Crippen LogP contribution in [0, 0.1) is 5.92 Å². The molecule has 0 rings (SSSR count). The molecule has 0 heterocycles. The molecule has 2 heteroatoms. The average molecular weight is 195 g/mol. The van der Waals surface area contributed by atoms with Crippen LogP contribution >= 0.6 is 0 Å². The van der Waals surface area contributed by atoms with E-state index in [1.54, 1.807) is 6.92 Å². The molecule has 80 valence electrons. The molecule has 0 atom stereocenters. The highest BCUT2D eigenvalue weighted by atomic mass is 16.1. The lowest BCUT2D eigenvalue weighted by molar-refractivity contribution is -0.114. The maximum Gasteiger partial charge on any atom is 0.244 e. The van der Waals surface area contributed by atoms with Crippen LogP contribution in [0.3, 0.4) is 0 Å². The van der Waals surface area contributed by atoms with Crippen molar-refractivity contribution >= 4 is 5.91 Å². The number of rotatable bonds is 5. The van der Waals surface area contributed by atoms with Gasteiger partial charge in [0.2, 0.25) is 5.91 Å². The van der Waals surface area contributed by atoms with Crippen molar-refractivity contribution in [2.24, 2.45) is 11.7 Å². The van der Waals surface area contributed by atoms with Gasteiger partial charge in [0, 0.05) is 5.57 Å². The summed E-state index contributed by atoms with van der Waals surface area (Å²) in [5, 5.41) is 0. The van der Waals surface area contributed by atoms with Crippen LogP contribution in [0.25, 0.3) is 0 Å². The van der Waals surface area contributed by atoms with Crippen LogP contribution < -0.4 is 5.73 Å². The largest absolute Gasteiger partial charge is 0.366 e. The Hall–Kier alpha value is -1.05. The molecule has 0 radical (unpaired) electrons. The van der Waals surface area contributed by atoms with Gasteiger partial charge in [-0.25, -0.2) is 0 Å². The van der Waals surface area contributed by atoms with E-state index in [1.807, 2.05) is 12.2 Å². The molecule has 0 bridgehead atoms. The fourth-order valence-electron chi connectivity index (χ4n) is 1.18. The Bertz CT molecular complexity index is 249. The van der Waals surface area contributed by atoms with E-state index in [-0.39, 0.29) is 5.91 Å². The van der Waals surface area contributed by atoms with E-state index in [9.17, 15) is 4.79 Å². The van der Waals surface area contributed by atoms with Crippen molar-refractivity contribution in [1.29, 1.82) is 0 Å². The van der Waals surface area contributed by atoms with Crippen molar-refractivity contribution in [3.63, 3.8) is 0 Å². The maximum absolute atomic E-state index is 10.7. The predicted octanol–water partition coefficient (Wildman–Crippen LogP) is 2.80. The molecule has 2 N–H and O–H groups in total. The number of hydrogen-bond donors (Lipinski definition) is 1. The average Bonchev–Trinajstić information content (AvgIpc) is 2.10. The van der Waals surface area contributed by atoms with E-state index in [1.165, 1.54) is 5.57 Å². The molecule has 14 heavy (non-hydrogen) atoms. The van der Waals surface area contributed by atoms with Gasteiger partial charge in [0.15, 0.2) is 0 Å². The Labute approximate surface area is 86.9 Å². The van der Waals surface area contributed by atoms with E-state index < -0.39 is 0 Å². The van der Waals surface area contributed by atoms with Gasteiger partial charge < -0.3 is 5.73 Å². The minimum Gasteiger partial charge on any atom is -0.366 e. The number of hydrogen-bond acceptors (Lipinski definition) is 1. The van der Waals surface area contributed by atoms with Gasteiger partial charge in [-0.3, -0.25) is 4.79 Å². The first-order valence-electron chi connectivity index (χ1n) is 5.13. The van der Waals surface area contributed by atoms with Gasteiger partial charge in [0.1, 0.15) is 0 Å². The molecule has 0 spiro atoms. The highest BCUT2D eigenvalue weighted by molar-refractivity contribution is 5.91. The normalized spacial score (nSPS) is 13.5. The maximum atomic E-state index is 10.7. The summed E-state index contributed by atoms with van der Waals surface area (Å²) >= 11 is 0. The van der Waals surface area contributed by atoms with E-state index in [2.05, 4.69) is 20.8 Å². The second-order valence-electron chi connectivity index (χ2n) is 3.99. The van der Waals surface area contributed by atoms with E-state index >= 15 is 0 Å². The predicted molar refractivity (Wildman–Crippen MR) is 60.8 cm³/mol. The van der Waals surface area contributed by atoms with Crippen molar-refractivity contribution in [2.45, 2.75) is 40.5 Å². The summed E-state index contributed by atoms with van der Waals surface area (Å²) in [5.74, 6) is 0.310. The summed E-state index contributed by atoms with van der Waals surface area (Å²) in [6, 6.07) is 0. The Morgan fingerprint density at radius 2 is 1.93 bits per heavy atom. The minimum absolute atomic E-state index is 0.346. The molecule has 0 aliphatic carbocycles. The molecule has 0 aromatic rings. The fourth-order valence-corrected chi connectivity index (χ4v) is 1.18. The van der Waals surface area contributed by atoms with Gasteiger partial charge in [-0.05, 0) is 25.7 Å². The topological polar surface area (TPSA) is 43.1 Å². The van der Waals surface area contributed by atoms with Gasteiger partial charge in [-0.2, -0.15) is 0 Å². The molecule has 0 aliphatic rings. The van der Waals surface area contributed by atoms with Gasteiger partial charge in [0.05, 0.1) is 0 Å². The van der Waals surface area contributed by atoms with Crippen molar-refractivity contribution in [2.75, 3.05) is 0 Å². The van der Waals surface area contributed by atoms with E-state index in [0.717, 1.165) is 12.8 Å². The monoisotopic (exact) mass is 195 g/mol. The van der Waals surface area contributed by atoms with Crippen molar-refractivity contribution in [3.8, 4) is 0 Å². The van der Waals surface area contributed by atoms with E-state index in [0.29, 0.717) is 11.5 Å². The molecule has 1 amide bonds. The zero-order valence-corrected chi connectivity index (χ0v) is 9.63. The van der Waals surface area contributed by atoms with Crippen LogP contribution in [0.15, 0.2) is 23.3 Å². The third kappa shape index (κ3) is 5.57. The molecule has 0 saturated carbocycles. The van der Waals surface area contributed by atoms with Crippen LogP contribution in [0.2, 0.25) is 0 Å². The van der Waals surface area contributed by atoms with Crippen LogP contribution in [0.5, 0.6) is 0 Å². The molecular formula is C12H21NO. The lowest BCUT2D eigenvalue weighted by Crippen LogP contribution is -2.11. The highest BCUT2D eigenvalue weighted by Crippen LogP contribution is 2.14. The van der Waals surface area contributed by atoms with Gasteiger partial charge in [0.25, 0.3) is 0 Å². The molecule has 0 aromatic carbocycles. The van der Waals surface area contributed by atoms with Crippen molar-refractivity contribution in [1.82, 2.24) is 0 Å². The molecule has 0 aromatic heterocycles. The number of primary amides is 1. The fraction of sp³-hybridized carbons (Fsp3) is 0.583. The Morgan fingerprint density at radius 1 is 1.36 bits per heavy atom. The van der Waals surface area contributed by atoms with E-state index in [4.69, 9.17) is 5.73 Å². The number of amides is 1. The second-order valence-corrected chi connectivity index (χ2v) is 3.99. The lowest BCUT2D eigenvalue weighted by atomic mass is 10.0. The Morgan fingerprint density at radius 3 is 2.29 bits per heavy atom. The summed E-state index contributed by atoms with van der Waals surface area (Å²) in [4.78, 5) is 10.7. The number of carbonyl (C=O) groups excluding carboxylic acids is 1. The second kappa shape index (κ2) is 6.41. The summed E-state index contributed by atoms with van der Waals surface area (Å²) in [6.45, 7) is 8.24. The minimum atomic E-state index is -0.346. The van der Waals surface area contributed by atoms with Gasteiger partial charge in [-0.15, -0.1) is 0 Å². The third-order valence-electron chi connectivity index (χ3n) is 2.08. The first kappa shape index (κ1) is 12.9. The van der Waals surface area contributed by atoms with Crippen molar-refractivity contribution < 1.29 is 4.79 Å². The zero-order valence-electron chi connectivity index (χ0n) is 9.63. The first-order chi connectivity index (χ1) is 6.47. The number of nitrogens with two attached hydrogens (primary N) is 1. The molecular weight excluding hydrogens is 174 g/mol. The summed E-state index contributed by atoms with van der Waals surface area (Å²) in [7, 11) is 0.